The maximum absolute atomic E-state index is 6.60. The van der Waals surface area contributed by atoms with Crippen molar-refractivity contribution in [1.82, 2.24) is 19.9 Å². The fourth-order valence-electron chi connectivity index (χ4n) is 4.26. The largest absolute Gasteiger partial charge is 0.346 e. The van der Waals surface area contributed by atoms with Crippen LogP contribution < -0.4 is 16.8 Å². The number of pyridine rings is 1. The molecule has 3 aromatic rings. The summed E-state index contributed by atoms with van der Waals surface area (Å²) in [6.07, 6.45) is 7.69. The number of hydrogen-bond acceptors (Lipinski definition) is 4. The van der Waals surface area contributed by atoms with E-state index in [0.29, 0.717) is 0 Å². The third-order valence-corrected chi connectivity index (χ3v) is 5.20. The molecule has 2 aliphatic rings. The highest BCUT2D eigenvalue weighted by molar-refractivity contribution is 6.02. The van der Waals surface area contributed by atoms with Gasteiger partial charge in [0.1, 0.15) is 5.65 Å². The molecule has 0 aromatic carbocycles. The van der Waals surface area contributed by atoms with Crippen LogP contribution in [-0.2, 0) is 0 Å². The Hall–Kier alpha value is -1.89. The average Bonchev–Trinajstić information content (AvgIpc) is 3.15. The van der Waals surface area contributed by atoms with E-state index in [1.54, 1.807) is 0 Å². The monoisotopic (exact) mass is 282 g/mol. The normalized spacial score (nSPS) is 35.2. The summed E-state index contributed by atoms with van der Waals surface area (Å²) in [5.41, 5.74) is 14.5. The fourth-order valence-corrected chi connectivity index (χ4v) is 4.26. The summed E-state index contributed by atoms with van der Waals surface area (Å²) < 4.78 is 2.29. The zero-order valence-corrected chi connectivity index (χ0v) is 11.6. The molecular weight excluding hydrogens is 264 g/mol. The van der Waals surface area contributed by atoms with Crippen molar-refractivity contribution in [3.8, 4) is 0 Å². The predicted octanol–water partition coefficient (Wildman–Crippen LogP) is 0.808. The summed E-state index contributed by atoms with van der Waals surface area (Å²) >= 11 is 0. The molecule has 0 unspecified atom stereocenters. The Kier molecular flexibility index (Phi) is 1.94. The number of hydrogen-bond donors (Lipinski definition) is 4. The van der Waals surface area contributed by atoms with E-state index in [1.807, 2.05) is 12.4 Å². The van der Waals surface area contributed by atoms with E-state index >= 15 is 0 Å². The summed E-state index contributed by atoms with van der Waals surface area (Å²) in [5, 5.41) is 5.70. The van der Waals surface area contributed by atoms with Crippen LogP contribution in [0.15, 0.2) is 30.7 Å². The topological polar surface area (TPSA) is 97.7 Å². The lowest BCUT2D eigenvalue weighted by atomic mass is 9.99. The summed E-state index contributed by atoms with van der Waals surface area (Å²) in [4.78, 5) is 7.62. The molecule has 0 spiro atoms. The van der Waals surface area contributed by atoms with Crippen molar-refractivity contribution in [2.24, 2.45) is 11.5 Å². The van der Waals surface area contributed by atoms with Crippen LogP contribution in [-0.4, -0.2) is 32.3 Å². The van der Waals surface area contributed by atoms with Crippen LogP contribution in [0, 0.1) is 0 Å². The minimum Gasteiger partial charge on any atom is -0.346 e. The zero-order chi connectivity index (χ0) is 14.2. The Morgan fingerprint density at radius 1 is 1.33 bits per heavy atom. The number of rotatable bonds is 1. The van der Waals surface area contributed by atoms with E-state index in [2.05, 4.69) is 38.2 Å². The van der Waals surface area contributed by atoms with Crippen molar-refractivity contribution < 1.29 is 0 Å². The number of nitrogens with one attached hydrogen (secondary N) is 2. The van der Waals surface area contributed by atoms with Gasteiger partial charge in [-0.1, -0.05) is 0 Å². The van der Waals surface area contributed by atoms with Crippen LogP contribution in [0.25, 0.3) is 21.9 Å². The summed E-state index contributed by atoms with van der Waals surface area (Å²) in [5.74, 6) is 0. The number of nitrogens with zero attached hydrogens (tertiary/aromatic N) is 2. The first-order chi connectivity index (χ1) is 10.1. The van der Waals surface area contributed by atoms with Gasteiger partial charge >= 0.3 is 0 Å². The standard InChI is InChI=1S/C15H18N6/c16-14-5-11(15(17,7-14)20-8-14)21-4-2-9-6-19-13-10(12(9)21)1-3-18-13/h1-4,6,11,20H,5,7-8,16-17H2,(H,18,19)/t11-,14-,15+/m1/s1. The molecule has 21 heavy (non-hydrogen) atoms. The van der Waals surface area contributed by atoms with E-state index in [9.17, 15) is 0 Å². The number of aromatic amines is 1. The quantitative estimate of drug-likeness (QED) is 0.531. The Bertz CT molecular complexity index is 863. The Morgan fingerprint density at radius 3 is 3.00 bits per heavy atom. The molecule has 2 bridgehead atoms. The molecule has 3 aromatic heterocycles. The molecule has 1 aliphatic heterocycles. The van der Waals surface area contributed by atoms with Gasteiger partial charge in [-0.15, -0.1) is 0 Å². The molecule has 1 saturated heterocycles. The number of nitrogens with two attached hydrogens (primary N) is 2. The first-order valence-electron chi connectivity index (χ1n) is 7.34. The number of fused-ring (bicyclic) bond motifs is 5. The predicted molar refractivity (Wildman–Crippen MR) is 81.7 cm³/mol. The van der Waals surface area contributed by atoms with Crippen molar-refractivity contribution >= 4 is 21.9 Å². The SMILES string of the molecule is N[C@@]12CN[C@@](N)(C1)[C@H](n1ccc3cnc4[nH]ccc4c31)C2. The van der Waals surface area contributed by atoms with Crippen molar-refractivity contribution in [3.05, 3.63) is 30.7 Å². The summed E-state index contributed by atoms with van der Waals surface area (Å²) in [6.45, 7) is 0.806. The van der Waals surface area contributed by atoms with Gasteiger partial charge in [0, 0.05) is 41.4 Å². The molecule has 0 amide bonds. The first kappa shape index (κ1) is 11.7. The van der Waals surface area contributed by atoms with Crippen LogP contribution in [0.1, 0.15) is 18.9 Å². The lowest BCUT2D eigenvalue weighted by Gasteiger charge is -2.35. The molecule has 3 atom stereocenters. The van der Waals surface area contributed by atoms with Gasteiger partial charge in [0.2, 0.25) is 0 Å². The molecule has 1 saturated carbocycles. The van der Waals surface area contributed by atoms with Gasteiger partial charge in [0.25, 0.3) is 0 Å². The highest BCUT2D eigenvalue weighted by Crippen LogP contribution is 2.47. The molecule has 0 radical (unpaired) electrons. The van der Waals surface area contributed by atoms with Gasteiger partial charge in [-0.25, -0.2) is 4.98 Å². The van der Waals surface area contributed by atoms with E-state index in [1.165, 1.54) is 5.52 Å². The smallest absolute Gasteiger partial charge is 0.139 e. The number of piperidine rings is 1. The van der Waals surface area contributed by atoms with E-state index in [0.717, 1.165) is 35.8 Å². The number of H-pyrrole nitrogens is 1. The average molecular weight is 282 g/mol. The minimum atomic E-state index is -0.410. The van der Waals surface area contributed by atoms with Gasteiger partial charge in [-0.05, 0) is 25.0 Å². The second-order valence-corrected chi connectivity index (χ2v) is 6.68. The van der Waals surface area contributed by atoms with Gasteiger partial charge in [0.05, 0.1) is 17.2 Å². The molecule has 2 fully saturated rings. The third-order valence-electron chi connectivity index (χ3n) is 5.20. The third kappa shape index (κ3) is 1.39. The van der Waals surface area contributed by atoms with Crippen LogP contribution >= 0.6 is 0 Å². The minimum absolute atomic E-state index is 0.175. The number of aromatic nitrogens is 3. The second-order valence-electron chi connectivity index (χ2n) is 6.68. The lowest BCUT2D eigenvalue weighted by Crippen LogP contribution is -2.56. The van der Waals surface area contributed by atoms with Gasteiger partial charge in [-0.3, -0.25) is 5.32 Å². The summed E-state index contributed by atoms with van der Waals surface area (Å²) in [7, 11) is 0. The molecule has 6 nitrogen and oxygen atoms in total. The van der Waals surface area contributed by atoms with Gasteiger partial charge in [0.15, 0.2) is 0 Å². The Balaban J connectivity index is 1.77. The van der Waals surface area contributed by atoms with Crippen LogP contribution in [0.2, 0.25) is 0 Å². The molecule has 6 heteroatoms. The Morgan fingerprint density at radius 2 is 2.24 bits per heavy atom. The van der Waals surface area contributed by atoms with Crippen LogP contribution in [0.4, 0.5) is 0 Å². The summed E-state index contributed by atoms with van der Waals surface area (Å²) in [6, 6.07) is 4.35. The van der Waals surface area contributed by atoms with Crippen molar-refractivity contribution in [3.63, 3.8) is 0 Å². The van der Waals surface area contributed by atoms with Crippen molar-refractivity contribution in [2.45, 2.75) is 30.1 Å². The van der Waals surface area contributed by atoms with Crippen LogP contribution in [0.5, 0.6) is 0 Å². The van der Waals surface area contributed by atoms with Crippen LogP contribution in [0.3, 0.4) is 0 Å². The molecule has 4 heterocycles. The maximum atomic E-state index is 6.60. The zero-order valence-electron chi connectivity index (χ0n) is 11.6. The van der Waals surface area contributed by atoms with Crippen molar-refractivity contribution in [1.29, 1.82) is 0 Å². The van der Waals surface area contributed by atoms with E-state index in [-0.39, 0.29) is 11.6 Å². The maximum Gasteiger partial charge on any atom is 0.139 e. The molecular formula is C15H18N6. The Labute approximate surface area is 121 Å². The fraction of sp³-hybridized carbons (Fsp3) is 0.400. The highest BCUT2D eigenvalue weighted by Gasteiger charge is 2.57. The van der Waals surface area contributed by atoms with Crippen molar-refractivity contribution in [2.75, 3.05) is 6.54 Å². The molecule has 108 valence electrons. The lowest BCUT2D eigenvalue weighted by molar-refractivity contribution is 0.253. The molecule has 6 N–H and O–H groups in total. The second kappa shape index (κ2) is 3.47. The van der Waals surface area contributed by atoms with E-state index < -0.39 is 5.66 Å². The van der Waals surface area contributed by atoms with Gasteiger partial charge < -0.3 is 21.0 Å². The van der Waals surface area contributed by atoms with E-state index in [4.69, 9.17) is 11.5 Å². The molecule has 5 rings (SSSR count). The molecule has 1 aliphatic carbocycles. The van der Waals surface area contributed by atoms with Gasteiger partial charge in [-0.2, -0.15) is 0 Å². The first-order valence-corrected chi connectivity index (χ1v) is 7.34. The highest BCUT2D eigenvalue weighted by atomic mass is 15.3.